The molecule has 1 aliphatic rings. The number of hydrogen-bond acceptors (Lipinski definition) is 1. The molecule has 1 nitrogen and oxygen atoms in total. The van der Waals surface area contributed by atoms with Gasteiger partial charge in [-0.2, -0.15) is 0 Å². The summed E-state index contributed by atoms with van der Waals surface area (Å²) in [5, 5.41) is 0.189. The quantitative estimate of drug-likeness (QED) is 0.447. The summed E-state index contributed by atoms with van der Waals surface area (Å²) < 4.78 is 5.74. The zero-order valence-electron chi connectivity index (χ0n) is 7.60. The van der Waals surface area contributed by atoms with Crippen LogP contribution in [0.5, 0.6) is 0 Å². The highest BCUT2D eigenvalue weighted by Crippen LogP contribution is 2.22. The van der Waals surface area contributed by atoms with Crippen molar-refractivity contribution in [3.8, 4) is 0 Å². The minimum Gasteiger partial charge on any atom is -0.376 e. The lowest BCUT2D eigenvalue weighted by Crippen LogP contribution is -2.34. The molecule has 0 N–H and O–H groups in total. The van der Waals surface area contributed by atoms with Gasteiger partial charge in [-0.15, -0.1) is 0 Å². The molecule has 64 valence electrons. The van der Waals surface area contributed by atoms with Crippen LogP contribution in [0.4, 0.5) is 0 Å². The molecule has 2 heteroatoms. The number of ether oxygens (including phenoxy) is 1. The fourth-order valence-corrected chi connectivity index (χ4v) is 2.25. The Bertz CT molecular complexity index is 136. The lowest BCUT2D eigenvalue weighted by molar-refractivity contribution is 0.0152. The Balaban J connectivity index is 2.43. The summed E-state index contributed by atoms with van der Waals surface area (Å²) in [7, 11) is 1.14. The number of hydrogen-bond donors (Lipinski definition) is 0. The summed E-state index contributed by atoms with van der Waals surface area (Å²) >= 11 is 0. The fourth-order valence-electron chi connectivity index (χ4n) is 1.45. The second kappa shape index (κ2) is 4.07. The zero-order chi connectivity index (χ0) is 8.16. The molecule has 0 spiro atoms. The number of rotatable bonds is 2. The third kappa shape index (κ3) is 2.79. The van der Waals surface area contributed by atoms with Crippen molar-refractivity contribution >= 4 is 10.2 Å². The van der Waals surface area contributed by atoms with Crippen LogP contribution in [0.25, 0.3) is 0 Å². The van der Waals surface area contributed by atoms with Crippen molar-refractivity contribution in [2.45, 2.75) is 37.8 Å². The molecule has 0 aromatic heterocycles. The van der Waals surface area contributed by atoms with E-state index in [1.54, 1.807) is 0 Å². The Labute approximate surface area is 72.2 Å². The first-order valence-electron chi connectivity index (χ1n) is 4.58. The second-order valence-corrected chi connectivity index (χ2v) is 5.12. The normalized spacial score (nSPS) is 33.2. The molecular formula is C9H18OSi. The molecule has 1 unspecified atom stereocenters. The van der Waals surface area contributed by atoms with Crippen LogP contribution >= 0.6 is 0 Å². The van der Waals surface area contributed by atoms with Crippen LogP contribution in [0.2, 0.25) is 0 Å². The average molecular weight is 170 g/mol. The Morgan fingerprint density at radius 3 is 2.91 bits per heavy atom. The SMILES string of the molecule is CCC=CC1([SiH3])CCCCO1. The van der Waals surface area contributed by atoms with Gasteiger partial charge in [0.05, 0.1) is 5.22 Å². The topological polar surface area (TPSA) is 9.23 Å². The Morgan fingerprint density at radius 2 is 2.36 bits per heavy atom. The highest BCUT2D eigenvalue weighted by Gasteiger charge is 2.23. The monoisotopic (exact) mass is 170 g/mol. The summed E-state index contributed by atoms with van der Waals surface area (Å²) in [5.74, 6) is 0. The predicted molar refractivity (Wildman–Crippen MR) is 51.9 cm³/mol. The van der Waals surface area contributed by atoms with Crippen molar-refractivity contribution in [3.05, 3.63) is 12.2 Å². The van der Waals surface area contributed by atoms with Gasteiger partial charge in [0.15, 0.2) is 0 Å². The molecular weight excluding hydrogens is 152 g/mol. The highest BCUT2D eigenvalue weighted by atomic mass is 28.1. The first-order chi connectivity index (χ1) is 5.27. The zero-order valence-corrected chi connectivity index (χ0v) is 9.60. The second-order valence-electron chi connectivity index (χ2n) is 3.43. The van der Waals surface area contributed by atoms with Gasteiger partial charge in [-0.3, -0.25) is 0 Å². The molecule has 1 aliphatic heterocycles. The molecule has 1 rings (SSSR count). The van der Waals surface area contributed by atoms with Gasteiger partial charge in [-0.25, -0.2) is 0 Å². The predicted octanol–water partition coefficient (Wildman–Crippen LogP) is 1.21. The van der Waals surface area contributed by atoms with Crippen LogP contribution in [-0.4, -0.2) is 22.1 Å². The van der Waals surface area contributed by atoms with Crippen molar-refractivity contribution in [2.24, 2.45) is 0 Å². The van der Waals surface area contributed by atoms with Crippen LogP contribution < -0.4 is 0 Å². The Kier molecular flexibility index (Phi) is 3.33. The van der Waals surface area contributed by atoms with Crippen molar-refractivity contribution < 1.29 is 4.74 Å². The maximum Gasteiger partial charge on any atom is 0.0655 e. The van der Waals surface area contributed by atoms with E-state index >= 15 is 0 Å². The van der Waals surface area contributed by atoms with Crippen LogP contribution in [0.1, 0.15) is 32.6 Å². The van der Waals surface area contributed by atoms with Gasteiger partial charge in [0.2, 0.25) is 0 Å². The minimum absolute atomic E-state index is 0.189. The molecule has 0 amide bonds. The van der Waals surface area contributed by atoms with Gasteiger partial charge < -0.3 is 4.74 Å². The van der Waals surface area contributed by atoms with E-state index in [1.807, 2.05) is 0 Å². The molecule has 0 aliphatic carbocycles. The van der Waals surface area contributed by atoms with E-state index in [2.05, 4.69) is 19.1 Å². The minimum atomic E-state index is 0.189. The summed E-state index contributed by atoms with van der Waals surface area (Å²) in [6.07, 6.45) is 9.49. The van der Waals surface area contributed by atoms with Crippen LogP contribution in [-0.2, 0) is 4.74 Å². The largest absolute Gasteiger partial charge is 0.376 e. The van der Waals surface area contributed by atoms with Gasteiger partial charge in [0.25, 0.3) is 0 Å². The van der Waals surface area contributed by atoms with Crippen LogP contribution in [0.3, 0.4) is 0 Å². The molecule has 1 fully saturated rings. The first-order valence-corrected chi connectivity index (χ1v) is 5.58. The average Bonchev–Trinajstić information content (AvgIpc) is 2.03. The van der Waals surface area contributed by atoms with Gasteiger partial charge in [-0.05, 0) is 25.7 Å². The Hall–Kier alpha value is -0.0831. The van der Waals surface area contributed by atoms with E-state index in [0.717, 1.165) is 23.3 Å². The molecule has 1 heterocycles. The number of allylic oxidation sites excluding steroid dienone is 1. The fraction of sp³-hybridized carbons (Fsp3) is 0.778. The first kappa shape index (κ1) is 9.01. The lowest BCUT2D eigenvalue weighted by atomic mass is 10.1. The summed E-state index contributed by atoms with van der Waals surface area (Å²) in [4.78, 5) is 0. The third-order valence-corrected chi connectivity index (χ3v) is 3.33. The van der Waals surface area contributed by atoms with Crippen LogP contribution in [0, 0.1) is 0 Å². The van der Waals surface area contributed by atoms with E-state index in [-0.39, 0.29) is 5.22 Å². The maximum atomic E-state index is 5.74. The van der Waals surface area contributed by atoms with E-state index in [4.69, 9.17) is 4.74 Å². The molecule has 0 bridgehead atoms. The molecule has 0 aromatic rings. The van der Waals surface area contributed by atoms with Crippen molar-refractivity contribution in [1.82, 2.24) is 0 Å². The molecule has 1 saturated heterocycles. The van der Waals surface area contributed by atoms with Gasteiger partial charge in [0.1, 0.15) is 0 Å². The van der Waals surface area contributed by atoms with Gasteiger partial charge in [0, 0.05) is 16.8 Å². The van der Waals surface area contributed by atoms with E-state index in [1.165, 1.54) is 19.3 Å². The van der Waals surface area contributed by atoms with Crippen molar-refractivity contribution in [1.29, 1.82) is 0 Å². The van der Waals surface area contributed by atoms with Crippen molar-refractivity contribution in [3.63, 3.8) is 0 Å². The van der Waals surface area contributed by atoms with Crippen molar-refractivity contribution in [2.75, 3.05) is 6.61 Å². The maximum absolute atomic E-state index is 5.74. The Morgan fingerprint density at radius 1 is 1.55 bits per heavy atom. The molecule has 0 aromatic carbocycles. The standard InChI is InChI=1S/C9H18OSi/c1-2-3-6-9(11)7-4-5-8-10-9/h3,6H,2,4-5,7-8H2,1,11H3. The highest BCUT2D eigenvalue weighted by molar-refractivity contribution is 6.16. The van der Waals surface area contributed by atoms with E-state index in [9.17, 15) is 0 Å². The molecule has 1 atom stereocenters. The van der Waals surface area contributed by atoms with E-state index in [0.29, 0.717) is 0 Å². The van der Waals surface area contributed by atoms with E-state index < -0.39 is 0 Å². The third-order valence-electron chi connectivity index (χ3n) is 2.21. The molecule has 0 saturated carbocycles. The smallest absolute Gasteiger partial charge is 0.0655 e. The summed E-state index contributed by atoms with van der Waals surface area (Å²) in [5.41, 5.74) is 0. The molecule has 11 heavy (non-hydrogen) atoms. The molecule has 0 radical (unpaired) electrons. The van der Waals surface area contributed by atoms with Crippen LogP contribution in [0.15, 0.2) is 12.2 Å². The summed E-state index contributed by atoms with van der Waals surface area (Å²) in [6, 6.07) is 0. The van der Waals surface area contributed by atoms with Gasteiger partial charge in [-0.1, -0.05) is 19.1 Å². The lowest BCUT2D eigenvalue weighted by Gasteiger charge is -2.31. The van der Waals surface area contributed by atoms with Gasteiger partial charge >= 0.3 is 0 Å². The summed E-state index contributed by atoms with van der Waals surface area (Å²) in [6.45, 7) is 3.14.